The third-order valence-electron chi connectivity index (χ3n) is 2.33. The molecule has 0 atom stereocenters. The lowest BCUT2D eigenvalue weighted by Gasteiger charge is -2.03. The van der Waals surface area contributed by atoms with Crippen molar-refractivity contribution in [2.24, 2.45) is 0 Å². The molecule has 0 aliphatic heterocycles. The van der Waals surface area contributed by atoms with Crippen molar-refractivity contribution in [1.82, 2.24) is 10.2 Å². The van der Waals surface area contributed by atoms with Crippen molar-refractivity contribution in [3.05, 3.63) is 41.6 Å². The van der Waals surface area contributed by atoms with Gasteiger partial charge in [0, 0.05) is 17.0 Å². The molecule has 1 heterocycles. The fourth-order valence-corrected chi connectivity index (χ4v) is 2.13. The van der Waals surface area contributed by atoms with Crippen LogP contribution in [0.25, 0.3) is 0 Å². The van der Waals surface area contributed by atoms with Gasteiger partial charge in [-0.2, -0.15) is 5.10 Å². The second-order valence-electron chi connectivity index (χ2n) is 3.88. The lowest BCUT2D eigenvalue weighted by Crippen LogP contribution is -2.14. The zero-order valence-corrected chi connectivity index (χ0v) is 11.2. The summed E-state index contributed by atoms with van der Waals surface area (Å²) in [6, 6.07) is 4.21. The van der Waals surface area contributed by atoms with Gasteiger partial charge in [-0.3, -0.25) is 9.89 Å². The highest BCUT2D eigenvalue weighted by molar-refractivity contribution is 8.00. The Morgan fingerprint density at radius 3 is 2.71 bits per heavy atom. The molecule has 0 bridgehead atoms. The van der Waals surface area contributed by atoms with E-state index in [1.165, 1.54) is 6.07 Å². The van der Waals surface area contributed by atoms with Crippen LogP contribution in [0.4, 0.5) is 14.6 Å². The highest BCUT2D eigenvalue weighted by Gasteiger charge is 2.11. The minimum atomic E-state index is -1.20. The lowest BCUT2D eigenvalue weighted by atomic mass is 10.3. The second kappa shape index (κ2) is 6.35. The Kier molecular flexibility index (Phi) is 4.53. The van der Waals surface area contributed by atoms with E-state index in [2.05, 4.69) is 15.5 Å². The number of halogens is 2. The molecular formula is C12H9F2N3O3S. The maximum absolute atomic E-state index is 13.3. The summed E-state index contributed by atoms with van der Waals surface area (Å²) in [5, 5.41) is 16.9. The van der Waals surface area contributed by atoms with Crippen molar-refractivity contribution in [2.45, 2.75) is 4.90 Å². The van der Waals surface area contributed by atoms with Gasteiger partial charge in [0.25, 0.3) is 0 Å². The number of nitrogens with zero attached hydrogens (tertiary/aromatic N) is 1. The normalized spacial score (nSPS) is 10.4. The van der Waals surface area contributed by atoms with Crippen molar-refractivity contribution in [3.63, 3.8) is 0 Å². The van der Waals surface area contributed by atoms with Gasteiger partial charge in [0.1, 0.15) is 17.3 Å². The zero-order chi connectivity index (χ0) is 15.4. The van der Waals surface area contributed by atoms with Gasteiger partial charge < -0.3 is 10.4 Å². The van der Waals surface area contributed by atoms with Crippen LogP contribution >= 0.6 is 11.8 Å². The van der Waals surface area contributed by atoms with Gasteiger partial charge in [0.2, 0.25) is 5.91 Å². The molecular weight excluding hydrogens is 304 g/mol. The minimum Gasteiger partial charge on any atom is -0.477 e. The summed E-state index contributed by atoms with van der Waals surface area (Å²) >= 11 is 0.888. The number of carbonyl (C=O) groups excluding carboxylic acids is 1. The number of carboxylic acid groups (broad SMARTS) is 1. The molecule has 21 heavy (non-hydrogen) atoms. The number of rotatable bonds is 5. The summed E-state index contributed by atoms with van der Waals surface area (Å²) in [4.78, 5) is 22.4. The molecule has 0 spiro atoms. The van der Waals surface area contributed by atoms with Crippen LogP contribution in [0.5, 0.6) is 0 Å². The minimum absolute atomic E-state index is 0.0533. The third-order valence-corrected chi connectivity index (χ3v) is 3.38. The summed E-state index contributed by atoms with van der Waals surface area (Å²) in [7, 11) is 0. The molecule has 1 aromatic carbocycles. The number of amides is 1. The van der Waals surface area contributed by atoms with Crippen molar-refractivity contribution < 1.29 is 23.5 Å². The van der Waals surface area contributed by atoms with Gasteiger partial charge >= 0.3 is 5.97 Å². The van der Waals surface area contributed by atoms with E-state index >= 15 is 0 Å². The number of nitrogens with one attached hydrogen (secondary N) is 2. The quantitative estimate of drug-likeness (QED) is 0.735. The molecule has 0 saturated heterocycles. The molecule has 1 amide bonds. The van der Waals surface area contributed by atoms with Gasteiger partial charge in [0.05, 0.1) is 5.75 Å². The largest absolute Gasteiger partial charge is 0.477 e. The smallest absolute Gasteiger partial charge is 0.353 e. The van der Waals surface area contributed by atoms with Crippen LogP contribution in [-0.2, 0) is 4.79 Å². The number of thioether (sulfide) groups is 1. The number of aromatic carboxylic acids is 1. The molecule has 110 valence electrons. The fourth-order valence-electron chi connectivity index (χ4n) is 1.41. The molecule has 2 aromatic rings. The first kappa shape index (κ1) is 15.0. The molecule has 0 unspecified atom stereocenters. The Hall–Kier alpha value is -2.42. The number of anilines is 1. The fraction of sp³-hybridized carbons (Fsp3) is 0.0833. The van der Waals surface area contributed by atoms with Crippen LogP contribution in [0, 0.1) is 11.6 Å². The maximum Gasteiger partial charge on any atom is 0.353 e. The molecule has 9 heteroatoms. The average Bonchev–Trinajstić information content (AvgIpc) is 2.86. The summed E-state index contributed by atoms with van der Waals surface area (Å²) in [5.41, 5.74) is -0.164. The summed E-state index contributed by atoms with van der Waals surface area (Å²) in [6.07, 6.45) is 0. The number of carbonyl (C=O) groups is 2. The molecule has 3 N–H and O–H groups in total. The van der Waals surface area contributed by atoms with E-state index in [0.717, 1.165) is 30.0 Å². The highest BCUT2D eigenvalue weighted by atomic mass is 32.2. The summed E-state index contributed by atoms with van der Waals surface area (Å²) in [6.45, 7) is 0. The topological polar surface area (TPSA) is 95.1 Å². The number of carboxylic acids is 1. The van der Waals surface area contributed by atoms with Gasteiger partial charge in [-0.05, 0) is 12.1 Å². The van der Waals surface area contributed by atoms with Gasteiger partial charge in [0.15, 0.2) is 5.82 Å². The van der Waals surface area contributed by atoms with Crippen LogP contribution in [0.1, 0.15) is 10.5 Å². The molecule has 0 aliphatic carbocycles. The number of aromatic nitrogens is 2. The Morgan fingerprint density at radius 1 is 1.33 bits per heavy atom. The SMILES string of the molecule is O=C(CSc1ccc(F)cc1F)Nc1cc(C(=O)O)[nH]n1. The number of aromatic amines is 1. The molecule has 0 fully saturated rings. The van der Waals surface area contributed by atoms with Crippen LogP contribution in [-0.4, -0.2) is 32.9 Å². The predicted molar refractivity (Wildman–Crippen MR) is 71.3 cm³/mol. The van der Waals surface area contributed by atoms with Crippen LogP contribution in [0.2, 0.25) is 0 Å². The molecule has 0 radical (unpaired) electrons. The Bertz CT molecular complexity index is 690. The Balaban J connectivity index is 1.91. The Morgan fingerprint density at radius 2 is 2.10 bits per heavy atom. The van der Waals surface area contributed by atoms with Gasteiger partial charge in [-0.25, -0.2) is 13.6 Å². The first-order valence-electron chi connectivity index (χ1n) is 5.62. The number of benzene rings is 1. The van der Waals surface area contributed by atoms with E-state index < -0.39 is 23.5 Å². The average molecular weight is 313 g/mol. The standard InChI is InChI=1S/C12H9F2N3O3S/c13-6-1-2-9(7(14)3-6)21-5-11(18)15-10-4-8(12(19)20)16-17-10/h1-4H,5H2,(H,19,20)(H2,15,16,17,18). The maximum atomic E-state index is 13.3. The monoisotopic (exact) mass is 313 g/mol. The van der Waals surface area contributed by atoms with Crippen LogP contribution < -0.4 is 5.32 Å². The van der Waals surface area contributed by atoms with Crippen molar-refractivity contribution in [1.29, 1.82) is 0 Å². The van der Waals surface area contributed by atoms with Crippen LogP contribution in [0.3, 0.4) is 0 Å². The molecule has 6 nitrogen and oxygen atoms in total. The lowest BCUT2D eigenvalue weighted by molar-refractivity contribution is -0.113. The van der Waals surface area contributed by atoms with Crippen LogP contribution in [0.15, 0.2) is 29.2 Å². The highest BCUT2D eigenvalue weighted by Crippen LogP contribution is 2.22. The molecule has 0 saturated carbocycles. The number of hydrogen-bond acceptors (Lipinski definition) is 4. The molecule has 2 rings (SSSR count). The molecule has 0 aliphatic rings. The van der Waals surface area contributed by atoms with E-state index in [1.54, 1.807) is 0 Å². The Labute approximate surface area is 121 Å². The number of H-pyrrole nitrogens is 1. The third kappa shape index (κ3) is 4.02. The van der Waals surface area contributed by atoms with E-state index in [9.17, 15) is 18.4 Å². The summed E-state index contributed by atoms with van der Waals surface area (Å²) in [5.74, 6) is -3.21. The van der Waals surface area contributed by atoms with Crippen molar-refractivity contribution >= 4 is 29.5 Å². The van der Waals surface area contributed by atoms with E-state index in [0.29, 0.717) is 0 Å². The second-order valence-corrected chi connectivity index (χ2v) is 4.90. The van der Waals surface area contributed by atoms with Crippen molar-refractivity contribution in [2.75, 3.05) is 11.1 Å². The molecule has 1 aromatic heterocycles. The van der Waals surface area contributed by atoms with E-state index in [4.69, 9.17) is 5.11 Å². The first-order valence-corrected chi connectivity index (χ1v) is 6.60. The number of hydrogen-bond donors (Lipinski definition) is 3. The predicted octanol–water partition coefficient (Wildman–Crippen LogP) is 2.12. The van der Waals surface area contributed by atoms with E-state index in [-0.39, 0.29) is 22.2 Å². The van der Waals surface area contributed by atoms with Gasteiger partial charge in [-0.1, -0.05) is 0 Å². The zero-order valence-electron chi connectivity index (χ0n) is 10.4. The summed E-state index contributed by atoms with van der Waals surface area (Å²) < 4.78 is 26.1. The van der Waals surface area contributed by atoms with Crippen molar-refractivity contribution in [3.8, 4) is 0 Å². The first-order chi connectivity index (χ1) is 9.95. The van der Waals surface area contributed by atoms with Gasteiger partial charge in [-0.15, -0.1) is 11.8 Å². The van der Waals surface area contributed by atoms with E-state index in [1.807, 2.05) is 0 Å².